The monoisotopic (exact) mass is 155 g/mol. The predicted molar refractivity (Wildman–Crippen MR) is 49.7 cm³/mol. The van der Waals surface area contributed by atoms with Gasteiger partial charge in [0.25, 0.3) is 0 Å². The second-order valence-electron chi connectivity index (χ2n) is 4.29. The Balaban J connectivity index is 2.23. The van der Waals surface area contributed by atoms with Crippen LogP contribution in [0.4, 0.5) is 0 Å². The van der Waals surface area contributed by atoms with Gasteiger partial charge in [0.15, 0.2) is 0 Å². The highest BCUT2D eigenvalue weighted by molar-refractivity contribution is 4.76. The summed E-state index contributed by atoms with van der Waals surface area (Å²) in [7, 11) is 0. The maximum Gasteiger partial charge on any atom is 0.00719 e. The Morgan fingerprint density at radius 1 is 1.27 bits per heavy atom. The van der Waals surface area contributed by atoms with Crippen molar-refractivity contribution in [2.45, 2.75) is 58.5 Å². The molecular weight excluding hydrogens is 134 g/mol. The molecule has 66 valence electrons. The number of nitrogens with one attached hydrogen (secondary N) is 1. The van der Waals surface area contributed by atoms with E-state index in [0.29, 0.717) is 6.04 Å². The summed E-state index contributed by atoms with van der Waals surface area (Å²) in [4.78, 5) is 0. The van der Waals surface area contributed by atoms with Gasteiger partial charge in [-0.3, -0.25) is 0 Å². The fourth-order valence-electron chi connectivity index (χ4n) is 2.06. The molecule has 0 saturated heterocycles. The van der Waals surface area contributed by atoms with Gasteiger partial charge < -0.3 is 5.32 Å². The molecule has 0 aromatic heterocycles. The first-order chi connectivity index (χ1) is 5.18. The topological polar surface area (TPSA) is 12.0 Å². The van der Waals surface area contributed by atoms with Crippen LogP contribution < -0.4 is 5.32 Å². The van der Waals surface area contributed by atoms with Gasteiger partial charge in [0.05, 0.1) is 0 Å². The molecule has 1 N–H and O–H groups in total. The molecule has 2 atom stereocenters. The summed E-state index contributed by atoms with van der Waals surface area (Å²) in [5.74, 6) is 0.944. The fraction of sp³-hybridized carbons (Fsp3) is 1.00. The van der Waals surface area contributed by atoms with Crippen LogP contribution in [0.25, 0.3) is 0 Å². The number of rotatable bonds is 2. The standard InChI is InChI=1S/C10H21N/c1-8(2)11-10-6-4-5-9(3)7-10/h8-11H,4-7H2,1-3H3/t9-,10+/m1/s1. The van der Waals surface area contributed by atoms with E-state index in [4.69, 9.17) is 0 Å². The van der Waals surface area contributed by atoms with Crippen LogP contribution in [0.1, 0.15) is 46.5 Å². The third kappa shape index (κ3) is 3.24. The molecule has 1 nitrogen and oxygen atoms in total. The minimum Gasteiger partial charge on any atom is -0.312 e. The Morgan fingerprint density at radius 2 is 2.00 bits per heavy atom. The molecule has 1 fully saturated rings. The Labute approximate surface area is 70.6 Å². The van der Waals surface area contributed by atoms with E-state index in [9.17, 15) is 0 Å². The quantitative estimate of drug-likeness (QED) is 0.646. The van der Waals surface area contributed by atoms with Crippen LogP contribution >= 0.6 is 0 Å². The molecule has 0 bridgehead atoms. The van der Waals surface area contributed by atoms with E-state index in [1.807, 2.05) is 0 Å². The summed E-state index contributed by atoms with van der Waals surface area (Å²) in [5.41, 5.74) is 0. The highest BCUT2D eigenvalue weighted by Gasteiger charge is 2.18. The molecule has 0 spiro atoms. The van der Waals surface area contributed by atoms with Crippen LogP contribution in [0.2, 0.25) is 0 Å². The molecule has 0 aromatic rings. The highest BCUT2D eigenvalue weighted by atomic mass is 14.9. The van der Waals surface area contributed by atoms with Crippen molar-refractivity contribution in [2.75, 3.05) is 0 Å². The van der Waals surface area contributed by atoms with Gasteiger partial charge in [-0.05, 0) is 18.8 Å². The summed E-state index contributed by atoms with van der Waals surface area (Å²) in [6, 6.07) is 1.46. The Bertz CT molecular complexity index is 107. The van der Waals surface area contributed by atoms with E-state index in [2.05, 4.69) is 26.1 Å². The SMILES string of the molecule is CC(C)N[C@H]1CCC[C@@H](C)C1. The maximum atomic E-state index is 3.61. The lowest BCUT2D eigenvalue weighted by atomic mass is 9.87. The second-order valence-corrected chi connectivity index (χ2v) is 4.29. The van der Waals surface area contributed by atoms with Crippen LogP contribution in [0.3, 0.4) is 0 Å². The Kier molecular flexibility index (Phi) is 3.38. The van der Waals surface area contributed by atoms with E-state index in [1.54, 1.807) is 0 Å². The first-order valence-corrected chi connectivity index (χ1v) is 4.94. The number of hydrogen-bond acceptors (Lipinski definition) is 1. The smallest absolute Gasteiger partial charge is 0.00719 e. The number of hydrogen-bond donors (Lipinski definition) is 1. The van der Waals surface area contributed by atoms with Crippen molar-refractivity contribution in [1.82, 2.24) is 5.32 Å². The summed E-state index contributed by atoms with van der Waals surface area (Å²) in [6.07, 6.45) is 5.64. The van der Waals surface area contributed by atoms with E-state index >= 15 is 0 Å². The molecule has 0 aromatic carbocycles. The Morgan fingerprint density at radius 3 is 2.55 bits per heavy atom. The van der Waals surface area contributed by atoms with Crippen LogP contribution in [0.5, 0.6) is 0 Å². The molecule has 0 radical (unpaired) electrons. The van der Waals surface area contributed by atoms with Gasteiger partial charge in [0.1, 0.15) is 0 Å². The van der Waals surface area contributed by atoms with Crippen molar-refractivity contribution in [3.8, 4) is 0 Å². The van der Waals surface area contributed by atoms with Crippen molar-refractivity contribution >= 4 is 0 Å². The molecule has 0 aliphatic heterocycles. The molecule has 1 aliphatic carbocycles. The zero-order chi connectivity index (χ0) is 8.27. The molecule has 11 heavy (non-hydrogen) atoms. The molecule has 1 aliphatic rings. The Hall–Kier alpha value is -0.0400. The molecule has 0 unspecified atom stereocenters. The zero-order valence-corrected chi connectivity index (χ0v) is 8.06. The van der Waals surface area contributed by atoms with Crippen molar-refractivity contribution in [3.05, 3.63) is 0 Å². The van der Waals surface area contributed by atoms with Gasteiger partial charge >= 0.3 is 0 Å². The predicted octanol–water partition coefficient (Wildman–Crippen LogP) is 2.56. The van der Waals surface area contributed by atoms with Crippen molar-refractivity contribution in [1.29, 1.82) is 0 Å². The molecule has 0 heterocycles. The normalized spacial score (nSPS) is 32.7. The maximum absolute atomic E-state index is 3.61. The lowest BCUT2D eigenvalue weighted by molar-refractivity contribution is 0.289. The average Bonchev–Trinajstić information content (AvgIpc) is 1.85. The minimum absolute atomic E-state index is 0.658. The summed E-state index contributed by atoms with van der Waals surface area (Å²) in [5, 5.41) is 3.61. The van der Waals surface area contributed by atoms with E-state index in [1.165, 1.54) is 25.7 Å². The minimum atomic E-state index is 0.658. The van der Waals surface area contributed by atoms with Gasteiger partial charge in [-0.25, -0.2) is 0 Å². The first kappa shape index (κ1) is 9.05. The van der Waals surface area contributed by atoms with Gasteiger partial charge in [-0.2, -0.15) is 0 Å². The van der Waals surface area contributed by atoms with Gasteiger partial charge in [0, 0.05) is 12.1 Å². The lowest BCUT2D eigenvalue weighted by Gasteiger charge is -2.29. The van der Waals surface area contributed by atoms with Crippen LogP contribution in [-0.4, -0.2) is 12.1 Å². The van der Waals surface area contributed by atoms with Crippen molar-refractivity contribution in [3.63, 3.8) is 0 Å². The third-order valence-corrected chi connectivity index (χ3v) is 2.51. The van der Waals surface area contributed by atoms with Crippen molar-refractivity contribution in [2.24, 2.45) is 5.92 Å². The largest absolute Gasteiger partial charge is 0.312 e. The summed E-state index contributed by atoms with van der Waals surface area (Å²) >= 11 is 0. The zero-order valence-electron chi connectivity index (χ0n) is 8.06. The average molecular weight is 155 g/mol. The summed E-state index contributed by atoms with van der Waals surface area (Å²) < 4.78 is 0. The van der Waals surface area contributed by atoms with Gasteiger partial charge in [0.2, 0.25) is 0 Å². The molecule has 1 saturated carbocycles. The third-order valence-electron chi connectivity index (χ3n) is 2.51. The van der Waals surface area contributed by atoms with Crippen LogP contribution in [0, 0.1) is 5.92 Å². The first-order valence-electron chi connectivity index (χ1n) is 4.94. The molecule has 1 rings (SSSR count). The van der Waals surface area contributed by atoms with E-state index in [0.717, 1.165) is 12.0 Å². The highest BCUT2D eigenvalue weighted by Crippen LogP contribution is 2.23. The molecule has 1 heteroatoms. The van der Waals surface area contributed by atoms with Gasteiger partial charge in [-0.15, -0.1) is 0 Å². The fourth-order valence-corrected chi connectivity index (χ4v) is 2.06. The molecular formula is C10H21N. The van der Waals surface area contributed by atoms with Crippen LogP contribution in [-0.2, 0) is 0 Å². The molecule has 0 amide bonds. The lowest BCUT2D eigenvalue weighted by Crippen LogP contribution is -2.37. The summed E-state index contributed by atoms with van der Waals surface area (Å²) in [6.45, 7) is 6.84. The van der Waals surface area contributed by atoms with Crippen LogP contribution in [0.15, 0.2) is 0 Å². The van der Waals surface area contributed by atoms with E-state index in [-0.39, 0.29) is 0 Å². The van der Waals surface area contributed by atoms with Crippen molar-refractivity contribution < 1.29 is 0 Å². The van der Waals surface area contributed by atoms with Gasteiger partial charge in [-0.1, -0.05) is 33.6 Å². The van der Waals surface area contributed by atoms with E-state index < -0.39 is 0 Å². The second kappa shape index (κ2) is 4.10.